The molecule has 3 amide bonds. The summed E-state index contributed by atoms with van der Waals surface area (Å²) in [6, 6.07) is 4.57. The van der Waals surface area contributed by atoms with Crippen LogP contribution in [0.15, 0.2) is 24.3 Å². The first-order valence-electron chi connectivity index (χ1n) is 10.4. The minimum Gasteiger partial charge on any atom is -0.368 e. The smallest absolute Gasteiger partial charge is 0.368 e. The van der Waals surface area contributed by atoms with Gasteiger partial charge in [0.05, 0.1) is 11.5 Å². The van der Waals surface area contributed by atoms with E-state index in [1.54, 1.807) is 9.80 Å². The van der Waals surface area contributed by atoms with E-state index in [1.807, 2.05) is 0 Å². The van der Waals surface area contributed by atoms with Crippen molar-refractivity contribution >= 4 is 23.4 Å². The van der Waals surface area contributed by atoms with Crippen LogP contribution < -0.4 is 4.90 Å². The molecule has 0 aromatic heterocycles. The number of amides is 3. The topological polar surface area (TPSA) is 70.2 Å². The van der Waals surface area contributed by atoms with E-state index >= 15 is 0 Å². The van der Waals surface area contributed by atoms with Crippen LogP contribution in [0, 0.1) is 5.92 Å². The minimum atomic E-state index is -4.51. The quantitative estimate of drug-likeness (QED) is 0.722. The first-order chi connectivity index (χ1) is 14.7. The summed E-state index contributed by atoms with van der Waals surface area (Å²) in [5, 5.41) is 0. The van der Waals surface area contributed by atoms with E-state index in [9.17, 15) is 27.6 Å². The number of carbonyl (C=O) groups excluding carboxylic acids is 3. The van der Waals surface area contributed by atoms with E-state index < -0.39 is 23.8 Å². The van der Waals surface area contributed by atoms with Crippen molar-refractivity contribution in [2.45, 2.75) is 31.5 Å². The van der Waals surface area contributed by atoms with Gasteiger partial charge in [0.2, 0.25) is 11.8 Å². The third-order valence-corrected chi connectivity index (χ3v) is 6.07. The standard InChI is InChI=1S/C21H24F3N3O4/c22-21(23,24)15-3-1-4-16(12-15)27-13-14(11-18(27)28)19(29)25-6-8-26(9-7-25)20(30)17-5-2-10-31-17/h1,3-4,12,14,17H,2,5-11,13H2. The molecule has 0 saturated carbocycles. The predicted molar refractivity (Wildman–Crippen MR) is 104 cm³/mol. The Labute approximate surface area is 177 Å². The number of alkyl halides is 3. The Morgan fingerprint density at radius 2 is 1.71 bits per heavy atom. The Morgan fingerprint density at radius 3 is 2.32 bits per heavy atom. The van der Waals surface area contributed by atoms with Crippen LogP contribution in [0.4, 0.5) is 18.9 Å². The van der Waals surface area contributed by atoms with Crippen LogP contribution in [-0.2, 0) is 25.3 Å². The van der Waals surface area contributed by atoms with Crippen LogP contribution in [0.25, 0.3) is 0 Å². The molecule has 3 saturated heterocycles. The first-order valence-corrected chi connectivity index (χ1v) is 10.4. The van der Waals surface area contributed by atoms with Crippen LogP contribution in [0.1, 0.15) is 24.8 Å². The van der Waals surface area contributed by atoms with Gasteiger partial charge in [-0.1, -0.05) is 6.07 Å². The Balaban J connectivity index is 1.35. The molecule has 1 aromatic carbocycles. The highest BCUT2D eigenvalue weighted by atomic mass is 19.4. The van der Waals surface area contributed by atoms with Gasteiger partial charge in [-0.05, 0) is 31.0 Å². The number of rotatable bonds is 3. The monoisotopic (exact) mass is 439 g/mol. The molecule has 0 spiro atoms. The maximum Gasteiger partial charge on any atom is 0.416 e. The highest BCUT2D eigenvalue weighted by molar-refractivity contribution is 6.00. The highest BCUT2D eigenvalue weighted by Gasteiger charge is 2.40. The normalized spacial score (nSPS) is 24.7. The summed E-state index contributed by atoms with van der Waals surface area (Å²) in [4.78, 5) is 42.4. The zero-order chi connectivity index (χ0) is 22.2. The molecule has 0 aliphatic carbocycles. The van der Waals surface area contributed by atoms with E-state index in [4.69, 9.17) is 4.74 Å². The molecule has 3 fully saturated rings. The van der Waals surface area contributed by atoms with Gasteiger partial charge in [0.1, 0.15) is 6.10 Å². The molecular formula is C21H24F3N3O4. The third kappa shape index (κ3) is 4.53. The maximum absolute atomic E-state index is 13.0. The Kier molecular flexibility index (Phi) is 5.92. The number of benzene rings is 1. The predicted octanol–water partition coefficient (Wildman–Crippen LogP) is 1.91. The number of hydrogen-bond donors (Lipinski definition) is 0. The molecule has 4 rings (SSSR count). The number of carbonyl (C=O) groups is 3. The van der Waals surface area contributed by atoms with Gasteiger partial charge in [-0.15, -0.1) is 0 Å². The molecule has 0 radical (unpaired) electrons. The molecule has 1 aromatic rings. The molecule has 2 unspecified atom stereocenters. The fraction of sp³-hybridized carbons (Fsp3) is 0.571. The Morgan fingerprint density at radius 1 is 1.03 bits per heavy atom. The molecule has 31 heavy (non-hydrogen) atoms. The molecular weight excluding hydrogens is 415 g/mol. The van der Waals surface area contributed by atoms with Crippen molar-refractivity contribution in [2.24, 2.45) is 5.92 Å². The Bertz CT molecular complexity index is 862. The van der Waals surface area contributed by atoms with E-state index in [-0.39, 0.29) is 36.4 Å². The molecule has 3 aliphatic rings. The molecule has 3 heterocycles. The molecule has 0 bridgehead atoms. The number of piperazine rings is 1. The van der Waals surface area contributed by atoms with Crippen molar-refractivity contribution in [3.05, 3.63) is 29.8 Å². The van der Waals surface area contributed by atoms with Crippen molar-refractivity contribution in [1.82, 2.24) is 9.80 Å². The van der Waals surface area contributed by atoms with Gasteiger partial charge in [-0.2, -0.15) is 13.2 Å². The van der Waals surface area contributed by atoms with Crippen LogP contribution in [0.3, 0.4) is 0 Å². The number of anilines is 1. The first kappa shape index (κ1) is 21.6. The van der Waals surface area contributed by atoms with Crippen LogP contribution in [0.2, 0.25) is 0 Å². The second kappa shape index (κ2) is 8.49. The summed E-state index contributed by atoms with van der Waals surface area (Å²) >= 11 is 0. The van der Waals surface area contributed by atoms with Gasteiger partial charge in [-0.25, -0.2) is 0 Å². The second-order valence-electron chi connectivity index (χ2n) is 8.11. The van der Waals surface area contributed by atoms with E-state index in [0.29, 0.717) is 39.2 Å². The molecule has 7 nitrogen and oxygen atoms in total. The van der Waals surface area contributed by atoms with Gasteiger partial charge < -0.3 is 19.4 Å². The van der Waals surface area contributed by atoms with Gasteiger partial charge >= 0.3 is 6.18 Å². The minimum absolute atomic E-state index is 0.0376. The fourth-order valence-electron chi connectivity index (χ4n) is 4.35. The average molecular weight is 439 g/mol. The van der Waals surface area contributed by atoms with E-state index in [1.165, 1.54) is 17.0 Å². The fourth-order valence-corrected chi connectivity index (χ4v) is 4.35. The summed E-state index contributed by atoms with van der Waals surface area (Å²) in [5.41, 5.74) is -0.693. The van der Waals surface area contributed by atoms with E-state index in [2.05, 4.69) is 0 Å². The molecule has 2 atom stereocenters. The van der Waals surface area contributed by atoms with Gasteiger partial charge in [0, 0.05) is 51.4 Å². The number of nitrogens with zero attached hydrogens (tertiary/aromatic N) is 3. The average Bonchev–Trinajstić information content (AvgIpc) is 3.42. The summed E-state index contributed by atoms with van der Waals surface area (Å²) in [5.74, 6) is -1.23. The van der Waals surface area contributed by atoms with E-state index in [0.717, 1.165) is 18.6 Å². The number of hydrogen-bond acceptors (Lipinski definition) is 4. The number of halogens is 3. The van der Waals surface area contributed by atoms with Gasteiger partial charge in [0.25, 0.3) is 5.91 Å². The lowest BCUT2D eigenvalue weighted by Crippen LogP contribution is -2.54. The summed E-state index contributed by atoms with van der Waals surface area (Å²) in [6.45, 7) is 2.18. The zero-order valence-electron chi connectivity index (χ0n) is 16.9. The summed E-state index contributed by atoms with van der Waals surface area (Å²) < 4.78 is 44.4. The van der Waals surface area contributed by atoms with Crippen LogP contribution in [-0.4, -0.2) is 73.0 Å². The summed E-state index contributed by atoms with van der Waals surface area (Å²) in [6.07, 6.45) is -3.35. The maximum atomic E-state index is 13.0. The third-order valence-electron chi connectivity index (χ3n) is 6.07. The largest absolute Gasteiger partial charge is 0.416 e. The van der Waals surface area contributed by atoms with Crippen LogP contribution in [0.5, 0.6) is 0 Å². The second-order valence-corrected chi connectivity index (χ2v) is 8.11. The van der Waals surface area contributed by atoms with Gasteiger partial charge in [-0.3, -0.25) is 14.4 Å². The summed E-state index contributed by atoms with van der Waals surface area (Å²) in [7, 11) is 0. The van der Waals surface area contributed by atoms with Gasteiger partial charge in [0.15, 0.2) is 0 Å². The van der Waals surface area contributed by atoms with Crippen molar-refractivity contribution in [3.8, 4) is 0 Å². The molecule has 3 aliphatic heterocycles. The van der Waals surface area contributed by atoms with Crippen molar-refractivity contribution in [3.63, 3.8) is 0 Å². The zero-order valence-corrected chi connectivity index (χ0v) is 16.9. The van der Waals surface area contributed by atoms with Crippen molar-refractivity contribution in [2.75, 3.05) is 44.2 Å². The van der Waals surface area contributed by atoms with Crippen LogP contribution >= 0.6 is 0 Å². The Hall–Kier alpha value is -2.62. The lowest BCUT2D eigenvalue weighted by Gasteiger charge is -2.36. The SMILES string of the molecule is O=C(C1CC(=O)N(c2cccc(C(F)(F)F)c2)C1)N1CCN(C(=O)C2CCCO2)CC1. The number of ether oxygens (including phenoxy) is 1. The molecule has 10 heteroatoms. The van der Waals surface area contributed by atoms with Crippen molar-refractivity contribution in [1.29, 1.82) is 0 Å². The lowest BCUT2D eigenvalue weighted by atomic mass is 10.1. The molecule has 168 valence electrons. The lowest BCUT2D eigenvalue weighted by molar-refractivity contribution is -0.147. The molecule has 0 N–H and O–H groups in total. The van der Waals surface area contributed by atoms with Crippen molar-refractivity contribution < 1.29 is 32.3 Å². The highest BCUT2D eigenvalue weighted by Crippen LogP contribution is 2.33.